The summed E-state index contributed by atoms with van der Waals surface area (Å²) >= 11 is 12.9. The molecule has 1 saturated heterocycles. The van der Waals surface area contributed by atoms with Gasteiger partial charge in [0.1, 0.15) is 0 Å². The van der Waals surface area contributed by atoms with Crippen LogP contribution in [0.5, 0.6) is 0 Å². The molecule has 9 nitrogen and oxygen atoms in total. The number of sulfonamides is 1. The van der Waals surface area contributed by atoms with Crippen molar-refractivity contribution in [2.24, 2.45) is 0 Å². The molecule has 1 aliphatic carbocycles. The zero-order chi connectivity index (χ0) is 24.6. The fourth-order valence-corrected chi connectivity index (χ4v) is 6.64. The van der Waals surface area contributed by atoms with E-state index in [2.05, 4.69) is 25.7 Å². The van der Waals surface area contributed by atoms with Crippen LogP contribution in [0.2, 0.25) is 10.0 Å². The van der Waals surface area contributed by atoms with Crippen LogP contribution in [-0.2, 0) is 16.6 Å². The number of aromatic nitrogens is 4. The molecule has 12 heteroatoms. The van der Waals surface area contributed by atoms with Crippen LogP contribution in [-0.4, -0.2) is 63.9 Å². The predicted octanol–water partition coefficient (Wildman–Crippen LogP) is 3.72. The summed E-state index contributed by atoms with van der Waals surface area (Å²) in [5.41, 5.74) is 3.14. The van der Waals surface area contributed by atoms with Crippen LogP contribution in [0.25, 0.3) is 16.9 Å². The van der Waals surface area contributed by atoms with Gasteiger partial charge in [0.2, 0.25) is 16.0 Å². The summed E-state index contributed by atoms with van der Waals surface area (Å²) in [5, 5.41) is 11.7. The zero-order valence-electron chi connectivity index (χ0n) is 19.3. The van der Waals surface area contributed by atoms with Gasteiger partial charge in [-0.05, 0) is 50.4 Å². The summed E-state index contributed by atoms with van der Waals surface area (Å²) in [7, 11) is -1.24. The van der Waals surface area contributed by atoms with Gasteiger partial charge in [-0.3, -0.25) is 0 Å². The zero-order valence-corrected chi connectivity index (χ0v) is 21.6. The number of nitrogens with zero attached hydrogens (tertiary/aromatic N) is 5. The number of piperidine rings is 1. The lowest BCUT2D eigenvalue weighted by molar-refractivity contribution is 0.328. The Morgan fingerprint density at radius 2 is 1.86 bits per heavy atom. The fraction of sp³-hybridized carbons (Fsp3) is 0.435. The van der Waals surface area contributed by atoms with E-state index in [1.807, 2.05) is 31.4 Å². The molecule has 35 heavy (non-hydrogen) atoms. The second-order valence-corrected chi connectivity index (χ2v) is 12.0. The van der Waals surface area contributed by atoms with Crippen LogP contribution in [0.3, 0.4) is 0 Å². The van der Waals surface area contributed by atoms with Gasteiger partial charge in [0.15, 0.2) is 0 Å². The van der Waals surface area contributed by atoms with E-state index in [1.165, 1.54) is 0 Å². The van der Waals surface area contributed by atoms with Gasteiger partial charge >= 0.3 is 0 Å². The molecule has 2 aromatic heterocycles. The molecule has 2 aliphatic rings. The molecule has 3 aromatic rings. The third-order valence-electron chi connectivity index (χ3n) is 6.33. The summed E-state index contributed by atoms with van der Waals surface area (Å²) in [6.45, 7) is 1.75. The first-order valence-corrected chi connectivity index (χ1v) is 13.9. The van der Waals surface area contributed by atoms with E-state index < -0.39 is 10.0 Å². The van der Waals surface area contributed by atoms with E-state index in [-0.39, 0.29) is 11.3 Å². The Bertz CT molecular complexity index is 1320. The monoisotopic (exact) mass is 535 g/mol. The number of nitrogens with one attached hydrogen (secondary N) is 2. The second-order valence-electron chi connectivity index (χ2n) is 8.94. The lowest BCUT2D eigenvalue weighted by Gasteiger charge is -2.31. The molecule has 0 bridgehead atoms. The molecule has 186 valence electrons. The Balaban J connectivity index is 1.29. The van der Waals surface area contributed by atoms with Crippen molar-refractivity contribution < 1.29 is 8.42 Å². The van der Waals surface area contributed by atoms with Crippen LogP contribution < -0.4 is 10.6 Å². The Hall–Kier alpha value is -2.24. The van der Waals surface area contributed by atoms with Gasteiger partial charge in [-0.1, -0.05) is 29.3 Å². The molecule has 0 radical (unpaired) electrons. The number of hydrogen-bond donors (Lipinski definition) is 2. The van der Waals surface area contributed by atoms with Crippen molar-refractivity contribution in [3.63, 3.8) is 0 Å². The Morgan fingerprint density at radius 3 is 2.54 bits per heavy atom. The minimum atomic E-state index is -3.13. The molecular weight excluding hydrogens is 509 g/mol. The predicted molar refractivity (Wildman–Crippen MR) is 138 cm³/mol. The van der Waals surface area contributed by atoms with Crippen LogP contribution in [0.15, 0.2) is 36.8 Å². The average Bonchev–Trinajstić information content (AvgIpc) is 3.60. The van der Waals surface area contributed by atoms with Crippen molar-refractivity contribution in [2.45, 2.75) is 43.5 Å². The van der Waals surface area contributed by atoms with Crippen molar-refractivity contribution in [2.75, 3.05) is 25.5 Å². The smallest absolute Gasteiger partial charge is 0.223 e. The summed E-state index contributed by atoms with van der Waals surface area (Å²) in [6, 6.07) is 5.93. The standard InChI is InChI=1S/C23H27Cl2N7O2S/c1-26-11-15-2-5-21(19(24)10-15)32-14-16(12-28-32)22-20(25)13-27-23(30-22)29-17-6-8-31(9-7-17)35(33,34)18-3-4-18/h2,5,10,12-14,17-18,26H,3-4,6-9,11H2,1H3,(H,27,29,30). The van der Waals surface area contributed by atoms with Gasteiger partial charge in [0.05, 0.1) is 39.1 Å². The average molecular weight is 536 g/mol. The Labute approximate surface area is 214 Å². The van der Waals surface area contributed by atoms with Gasteiger partial charge in [-0.25, -0.2) is 27.4 Å². The summed E-state index contributed by atoms with van der Waals surface area (Å²) in [4.78, 5) is 8.96. The maximum Gasteiger partial charge on any atom is 0.223 e. The lowest BCUT2D eigenvalue weighted by atomic mass is 10.1. The number of hydrogen-bond acceptors (Lipinski definition) is 7. The molecule has 0 atom stereocenters. The van der Waals surface area contributed by atoms with Gasteiger partial charge < -0.3 is 10.6 Å². The maximum atomic E-state index is 12.5. The molecule has 1 aliphatic heterocycles. The molecule has 1 aromatic carbocycles. The Morgan fingerprint density at radius 1 is 1.09 bits per heavy atom. The summed E-state index contributed by atoms with van der Waals surface area (Å²) in [5.74, 6) is 0.454. The third kappa shape index (κ3) is 5.31. The van der Waals surface area contributed by atoms with Crippen molar-refractivity contribution in [1.82, 2.24) is 29.4 Å². The van der Waals surface area contributed by atoms with E-state index in [0.29, 0.717) is 47.6 Å². The first kappa shape index (κ1) is 24.5. The van der Waals surface area contributed by atoms with E-state index in [0.717, 1.165) is 36.2 Å². The number of halogens is 2. The van der Waals surface area contributed by atoms with E-state index >= 15 is 0 Å². The molecule has 0 spiro atoms. The number of benzene rings is 1. The minimum Gasteiger partial charge on any atom is -0.351 e. The van der Waals surface area contributed by atoms with Crippen molar-refractivity contribution in [3.05, 3.63) is 52.4 Å². The van der Waals surface area contributed by atoms with E-state index in [9.17, 15) is 8.42 Å². The highest BCUT2D eigenvalue weighted by atomic mass is 35.5. The van der Waals surface area contributed by atoms with Crippen LogP contribution >= 0.6 is 23.2 Å². The fourth-order valence-electron chi connectivity index (χ4n) is 4.28. The van der Waals surface area contributed by atoms with Crippen molar-refractivity contribution in [1.29, 1.82) is 0 Å². The van der Waals surface area contributed by atoms with E-state index in [1.54, 1.807) is 21.4 Å². The molecule has 5 rings (SSSR count). The first-order chi connectivity index (χ1) is 16.8. The molecule has 1 saturated carbocycles. The van der Waals surface area contributed by atoms with Gasteiger partial charge in [-0.15, -0.1) is 0 Å². The largest absolute Gasteiger partial charge is 0.351 e. The van der Waals surface area contributed by atoms with E-state index in [4.69, 9.17) is 23.2 Å². The van der Waals surface area contributed by atoms with Crippen LogP contribution in [0.4, 0.5) is 5.95 Å². The minimum absolute atomic E-state index is 0.0901. The third-order valence-corrected chi connectivity index (χ3v) is 9.31. The highest BCUT2D eigenvalue weighted by molar-refractivity contribution is 7.90. The lowest BCUT2D eigenvalue weighted by Crippen LogP contribution is -2.43. The van der Waals surface area contributed by atoms with Gasteiger partial charge in [0.25, 0.3) is 0 Å². The normalized spacial score (nSPS) is 17.6. The molecule has 0 unspecified atom stereocenters. The first-order valence-electron chi connectivity index (χ1n) is 11.6. The summed E-state index contributed by atoms with van der Waals surface area (Å²) in [6.07, 6.45) is 8.06. The maximum absolute atomic E-state index is 12.5. The van der Waals surface area contributed by atoms with Crippen molar-refractivity contribution >= 4 is 39.2 Å². The van der Waals surface area contributed by atoms with Crippen LogP contribution in [0.1, 0.15) is 31.2 Å². The number of rotatable bonds is 8. The van der Waals surface area contributed by atoms with Gasteiger partial charge in [0, 0.05) is 37.4 Å². The Kier molecular flexibility index (Phi) is 7.00. The molecule has 2 N–H and O–H groups in total. The topological polar surface area (TPSA) is 105 Å². The quantitative estimate of drug-likeness (QED) is 0.452. The second kappa shape index (κ2) is 10.0. The highest BCUT2D eigenvalue weighted by Crippen LogP contribution is 2.33. The molecule has 3 heterocycles. The van der Waals surface area contributed by atoms with Crippen LogP contribution in [0, 0.1) is 0 Å². The SMILES string of the molecule is CNCc1ccc(-n2cc(-c3nc(NC4CCN(S(=O)(=O)C5CC5)CC4)ncc3Cl)cn2)c(Cl)c1. The molecule has 0 amide bonds. The molecule has 2 fully saturated rings. The summed E-state index contributed by atoms with van der Waals surface area (Å²) < 4.78 is 28.3. The molecular formula is C23H27Cl2N7O2S. The number of anilines is 1. The highest BCUT2D eigenvalue weighted by Gasteiger charge is 2.41. The van der Waals surface area contributed by atoms with Crippen molar-refractivity contribution in [3.8, 4) is 16.9 Å². The van der Waals surface area contributed by atoms with Gasteiger partial charge in [-0.2, -0.15) is 5.10 Å².